The molecule has 1 saturated heterocycles. The molecule has 1 heterocycles. The number of esters is 3. The smallest absolute Gasteiger partial charge is 0.343 e. The highest BCUT2D eigenvalue weighted by molar-refractivity contribution is 9.10. The van der Waals surface area contributed by atoms with Crippen molar-refractivity contribution in [2.45, 2.75) is 26.4 Å². The number of rotatable bonds is 9. The summed E-state index contributed by atoms with van der Waals surface area (Å²) < 4.78 is 16.5. The fourth-order valence-electron chi connectivity index (χ4n) is 3.97. The maximum Gasteiger partial charge on any atom is 0.343 e. The molecule has 0 aliphatic carbocycles. The first-order valence-corrected chi connectivity index (χ1v) is 13.3. The van der Waals surface area contributed by atoms with Gasteiger partial charge in [-0.1, -0.05) is 15.9 Å². The molecule has 9 nitrogen and oxygen atoms in total. The lowest BCUT2D eigenvalue weighted by atomic mass is 10.1. The number of anilines is 1. The van der Waals surface area contributed by atoms with Gasteiger partial charge in [-0.25, -0.2) is 9.59 Å². The molecule has 1 fully saturated rings. The van der Waals surface area contributed by atoms with Crippen LogP contribution in [0.3, 0.4) is 0 Å². The van der Waals surface area contributed by atoms with Gasteiger partial charge >= 0.3 is 17.9 Å². The minimum atomic E-state index is -0.730. The van der Waals surface area contributed by atoms with E-state index in [0.29, 0.717) is 16.8 Å². The van der Waals surface area contributed by atoms with E-state index in [1.165, 1.54) is 29.2 Å². The molecule has 0 radical (unpaired) electrons. The van der Waals surface area contributed by atoms with Crippen LogP contribution < -0.4 is 9.64 Å². The van der Waals surface area contributed by atoms with Gasteiger partial charge in [0.25, 0.3) is 0 Å². The molecular weight excluding hydrogens is 582 g/mol. The number of nitrogens with zero attached hydrogens (tertiary/aromatic N) is 1. The molecule has 4 rings (SSSR count). The predicted octanol–water partition coefficient (Wildman–Crippen LogP) is 5.01. The number of ether oxygens (including phenoxy) is 3. The SMILES string of the molecule is CC(C)OC(=O)c1ccc(N2C[C@@H](C(=O)OCC(=O)c3ccc(OC(=O)c4ccc(Br)cc4)cc3)CC2=O)cc1. The molecule has 3 aromatic rings. The molecule has 1 amide bonds. The molecule has 1 atom stereocenters. The van der Waals surface area contributed by atoms with E-state index in [4.69, 9.17) is 14.2 Å². The molecule has 0 unspecified atom stereocenters. The van der Waals surface area contributed by atoms with Crippen LogP contribution in [0.5, 0.6) is 5.75 Å². The summed E-state index contributed by atoms with van der Waals surface area (Å²) in [6, 6.07) is 19.0. The van der Waals surface area contributed by atoms with Gasteiger partial charge in [-0.05, 0) is 86.6 Å². The van der Waals surface area contributed by atoms with Crippen LogP contribution >= 0.6 is 15.9 Å². The number of benzene rings is 3. The van der Waals surface area contributed by atoms with Gasteiger partial charge in [-0.3, -0.25) is 14.4 Å². The van der Waals surface area contributed by atoms with Crippen molar-refractivity contribution < 1.29 is 38.2 Å². The number of carbonyl (C=O) groups excluding carboxylic acids is 5. The Bertz CT molecular complexity index is 1420. The van der Waals surface area contributed by atoms with Crippen LogP contribution in [-0.2, 0) is 19.1 Å². The van der Waals surface area contributed by atoms with E-state index >= 15 is 0 Å². The zero-order valence-electron chi connectivity index (χ0n) is 21.8. The van der Waals surface area contributed by atoms with Gasteiger partial charge in [0.2, 0.25) is 5.91 Å². The van der Waals surface area contributed by atoms with Crippen LogP contribution in [0.4, 0.5) is 5.69 Å². The van der Waals surface area contributed by atoms with Crippen molar-refractivity contribution in [3.05, 3.63) is 94.0 Å². The maximum absolute atomic E-state index is 12.6. The third kappa shape index (κ3) is 7.20. The number of amides is 1. The second kappa shape index (κ2) is 12.7. The molecule has 0 saturated carbocycles. The van der Waals surface area contributed by atoms with E-state index in [1.807, 2.05) is 0 Å². The van der Waals surface area contributed by atoms with E-state index in [1.54, 1.807) is 62.4 Å². The third-order valence-corrected chi connectivity index (χ3v) is 6.56. The normalized spacial score (nSPS) is 14.7. The Morgan fingerprint density at radius 3 is 2.05 bits per heavy atom. The first-order chi connectivity index (χ1) is 19.1. The van der Waals surface area contributed by atoms with Gasteiger partial charge in [0, 0.05) is 28.7 Å². The lowest BCUT2D eigenvalue weighted by molar-refractivity contribution is -0.147. The average molecular weight is 608 g/mol. The minimum absolute atomic E-state index is 0.0530. The number of hydrogen-bond acceptors (Lipinski definition) is 8. The van der Waals surface area contributed by atoms with Crippen LogP contribution in [0.15, 0.2) is 77.3 Å². The Morgan fingerprint density at radius 2 is 1.43 bits per heavy atom. The molecule has 0 aromatic heterocycles. The largest absolute Gasteiger partial charge is 0.459 e. The number of hydrogen-bond donors (Lipinski definition) is 0. The zero-order chi connectivity index (χ0) is 28.8. The monoisotopic (exact) mass is 607 g/mol. The lowest BCUT2D eigenvalue weighted by Gasteiger charge is -2.17. The van der Waals surface area contributed by atoms with Crippen LogP contribution in [0.1, 0.15) is 51.3 Å². The Balaban J connectivity index is 1.27. The van der Waals surface area contributed by atoms with Gasteiger partial charge in [0.05, 0.1) is 23.1 Å². The van der Waals surface area contributed by atoms with Crippen LogP contribution in [0.25, 0.3) is 0 Å². The highest BCUT2D eigenvalue weighted by Crippen LogP contribution is 2.26. The quantitative estimate of drug-likeness (QED) is 0.189. The summed E-state index contributed by atoms with van der Waals surface area (Å²) in [6.45, 7) is 3.11. The van der Waals surface area contributed by atoms with Gasteiger partial charge in [0.15, 0.2) is 12.4 Å². The standard InChI is InChI=1S/C30H26BrNO8/c1-18(2)39-29(36)21-5-11-24(12-6-21)32-16-22(15-27(32)34)28(35)38-17-26(33)19-7-13-25(14-8-19)40-30(37)20-3-9-23(31)10-4-20/h3-14,18,22H,15-17H2,1-2H3/t22-/m0/s1. The highest BCUT2D eigenvalue weighted by atomic mass is 79.9. The van der Waals surface area contributed by atoms with Crippen molar-refractivity contribution >= 4 is 51.2 Å². The Kier molecular flexibility index (Phi) is 9.11. The summed E-state index contributed by atoms with van der Waals surface area (Å²) in [6.07, 6.45) is -0.305. The molecule has 0 N–H and O–H groups in total. The Labute approximate surface area is 239 Å². The summed E-state index contributed by atoms with van der Waals surface area (Å²) in [5, 5.41) is 0. The topological polar surface area (TPSA) is 116 Å². The molecule has 3 aromatic carbocycles. The van der Waals surface area contributed by atoms with Crippen molar-refractivity contribution in [3.63, 3.8) is 0 Å². The van der Waals surface area contributed by atoms with Crippen molar-refractivity contribution in [1.29, 1.82) is 0 Å². The van der Waals surface area contributed by atoms with Gasteiger partial charge in [-0.2, -0.15) is 0 Å². The summed E-state index contributed by atoms with van der Waals surface area (Å²) in [5.74, 6) is -2.83. The van der Waals surface area contributed by atoms with Crippen molar-refractivity contribution in [2.24, 2.45) is 5.92 Å². The molecule has 1 aliphatic heterocycles. The average Bonchev–Trinajstić information content (AvgIpc) is 3.33. The minimum Gasteiger partial charge on any atom is -0.459 e. The third-order valence-electron chi connectivity index (χ3n) is 6.03. The summed E-state index contributed by atoms with van der Waals surface area (Å²) in [5.41, 5.74) is 1.55. The Hall–Kier alpha value is -4.31. The van der Waals surface area contributed by atoms with Crippen LogP contribution in [0, 0.1) is 5.92 Å². The van der Waals surface area contributed by atoms with Crippen molar-refractivity contribution in [3.8, 4) is 5.75 Å². The highest BCUT2D eigenvalue weighted by Gasteiger charge is 2.36. The first-order valence-electron chi connectivity index (χ1n) is 12.5. The second-order valence-corrected chi connectivity index (χ2v) is 10.3. The second-order valence-electron chi connectivity index (χ2n) is 9.36. The van der Waals surface area contributed by atoms with Crippen LogP contribution in [-0.4, -0.2) is 48.9 Å². The fraction of sp³-hybridized carbons (Fsp3) is 0.233. The zero-order valence-corrected chi connectivity index (χ0v) is 23.4. The molecule has 10 heteroatoms. The predicted molar refractivity (Wildman–Crippen MR) is 148 cm³/mol. The van der Waals surface area contributed by atoms with Crippen molar-refractivity contribution in [2.75, 3.05) is 18.1 Å². The van der Waals surface area contributed by atoms with Gasteiger partial charge in [-0.15, -0.1) is 0 Å². The maximum atomic E-state index is 12.6. The summed E-state index contributed by atoms with van der Waals surface area (Å²) in [7, 11) is 0. The molecular formula is C30H26BrNO8. The van der Waals surface area contributed by atoms with E-state index in [0.717, 1.165) is 4.47 Å². The summed E-state index contributed by atoms with van der Waals surface area (Å²) in [4.78, 5) is 63.4. The van der Waals surface area contributed by atoms with E-state index in [9.17, 15) is 24.0 Å². The molecule has 1 aliphatic rings. The Morgan fingerprint density at radius 1 is 0.850 bits per heavy atom. The van der Waals surface area contributed by atoms with Gasteiger partial charge < -0.3 is 19.1 Å². The molecule has 206 valence electrons. The van der Waals surface area contributed by atoms with E-state index in [2.05, 4.69) is 15.9 Å². The first kappa shape index (κ1) is 28.7. The van der Waals surface area contributed by atoms with E-state index in [-0.39, 0.29) is 36.3 Å². The van der Waals surface area contributed by atoms with Crippen molar-refractivity contribution in [1.82, 2.24) is 0 Å². The number of carbonyl (C=O) groups is 5. The fourth-order valence-corrected chi connectivity index (χ4v) is 4.24. The lowest BCUT2D eigenvalue weighted by Crippen LogP contribution is -2.27. The summed E-state index contributed by atoms with van der Waals surface area (Å²) >= 11 is 3.30. The molecule has 0 spiro atoms. The van der Waals surface area contributed by atoms with Crippen LogP contribution in [0.2, 0.25) is 0 Å². The van der Waals surface area contributed by atoms with E-state index < -0.39 is 36.2 Å². The number of Topliss-reactive ketones (excluding diaryl/α,β-unsaturated/α-hetero) is 1. The van der Waals surface area contributed by atoms with Gasteiger partial charge in [0.1, 0.15) is 5.75 Å². The molecule has 40 heavy (non-hydrogen) atoms. The number of halogens is 1. The number of ketones is 1. The molecule has 0 bridgehead atoms.